The molecule has 3 N–H and O–H groups in total. The predicted octanol–water partition coefficient (Wildman–Crippen LogP) is 2.61. The lowest BCUT2D eigenvalue weighted by Crippen LogP contribution is -2.26. The van der Waals surface area contributed by atoms with E-state index in [2.05, 4.69) is 29.1 Å². The highest BCUT2D eigenvalue weighted by Crippen LogP contribution is 2.27. The quantitative estimate of drug-likeness (QED) is 0.843. The van der Waals surface area contributed by atoms with Gasteiger partial charge in [-0.1, -0.05) is 13.8 Å². The summed E-state index contributed by atoms with van der Waals surface area (Å²) in [5, 5.41) is 3.53. The standard InChI is InChI=1S/C13H22N4/c1-3-11-12(14)15-8-16-13(11)17-10-6-4-9(2)5-7-10/h8-10H,3-7H2,1-2H3,(H3,14,15,16,17). The van der Waals surface area contributed by atoms with Crippen LogP contribution in [0.5, 0.6) is 0 Å². The van der Waals surface area contributed by atoms with Gasteiger partial charge in [-0.25, -0.2) is 9.97 Å². The average molecular weight is 234 g/mol. The molecule has 1 aromatic rings. The lowest BCUT2D eigenvalue weighted by molar-refractivity contribution is 0.360. The van der Waals surface area contributed by atoms with Crippen molar-refractivity contribution in [1.82, 2.24) is 9.97 Å². The molecule has 17 heavy (non-hydrogen) atoms. The molecule has 0 aliphatic heterocycles. The zero-order valence-corrected chi connectivity index (χ0v) is 10.7. The molecule has 0 aromatic carbocycles. The van der Waals surface area contributed by atoms with Gasteiger partial charge in [0.05, 0.1) is 0 Å². The zero-order chi connectivity index (χ0) is 12.3. The molecule has 0 atom stereocenters. The molecule has 0 bridgehead atoms. The first-order valence-electron chi connectivity index (χ1n) is 6.56. The number of hydrogen-bond acceptors (Lipinski definition) is 4. The van der Waals surface area contributed by atoms with E-state index in [4.69, 9.17) is 5.73 Å². The SMILES string of the molecule is CCc1c(N)ncnc1NC1CCC(C)CC1. The van der Waals surface area contributed by atoms with E-state index in [-0.39, 0.29) is 0 Å². The Morgan fingerprint density at radius 2 is 2.00 bits per heavy atom. The fourth-order valence-corrected chi connectivity index (χ4v) is 2.50. The number of rotatable bonds is 3. The Balaban J connectivity index is 2.05. The summed E-state index contributed by atoms with van der Waals surface area (Å²) < 4.78 is 0. The van der Waals surface area contributed by atoms with E-state index in [1.165, 1.54) is 25.7 Å². The molecule has 94 valence electrons. The van der Waals surface area contributed by atoms with Gasteiger partial charge in [-0.2, -0.15) is 0 Å². The summed E-state index contributed by atoms with van der Waals surface area (Å²) in [6.45, 7) is 4.42. The number of nitrogens with zero attached hydrogens (tertiary/aromatic N) is 2. The van der Waals surface area contributed by atoms with Crippen LogP contribution in [0.1, 0.15) is 45.1 Å². The lowest BCUT2D eigenvalue weighted by atomic mass is 9.87. The Bertz CT molecular complexity index is 370. The van der Waals surface area contributed by atoms with Gasteiger partial charge in [0.15, 0.2) is 0 Å². The van der Waals surface area contributed by atoms with Crippen LogP contribution in [0.15, 0.2) is 6.33 Å². The molecule has 1 heterocycles. The molecule has 1 fully saturated rings. The second-order valence-corrected chi connectivity index (χ2v) is 5.04. The topological polar surface area (TPSA) is 63.8 Å². The normalized spacial score (nSPS) is 24.6. The van der Waals surface area contributed by atoms with E-state index < -0.39 is 0 Å². The first-order valence-corrected chi connectivity index (χ1v) is 6.56. The number of nitrogens with two attached hydrogens (primary N) is 1. The molecule has 0 spiro atoms. The molecule has 1 saturated carbocycles. The van der Waals surface area contributed by atoms with Crippen LogP contribution in [-0.4, -0.2) is 16.0 Å². The summed E-state index contributed by atoms with van der Waals surface area (Å²) >= 11 is 0. The highest BCUT2D eigenvalue weighted by atomic mass is 15.1. The summed E-state index contributed by atoms with van der Waals surface area (Å²) in [5.74, 6) is 2.41. The monoisotopic (exact) mass is 234 g/mol. The van der Waals surface area contributed by atoms with E-state index in [9.17, 15) is 0 Å². The maximum Gasteiger partial charge on any atom is 0.134 e. The van der Waals surface area contributed by atoms with Gasteiger partial charge in [0.1, 0.15) is 18.0 Å². The molecule has 1 aliphatic carbocycles. The van der Waals surface area contributed by atoms with E-state index >= 15 is 0 Å². The molecule has 1 aliphatic rings. The van der Waals surface area contributed by atoms with Crippen LogP contribution in [0.4, 0.5) is 11.6 Å². The van der Waals surface area contributed by atoms with Crippen LogP contribution in [0.25, 0.3) is 0 Å². The third-order valence-electron chi connectivity index (χ3n) is 3.69. The van der Waals surface area contributed by atoms with Gasteiger partial charge in [0.25, 0.3) is 0 Å². The van der Waals surface area contributed by atoms with Gasteiger partial charge in [-0.15, -0.1) is 0 Å². The first-order chi connectivity index (χ1) is 8.20. The number of hydrogen-bond donors (Lipinski definition) is 2. The number of anilines is 2. The third kappa shape index (κ3) is 2.87. The Hall–Kier alpha value is -1.32. The summed E-state index contributed by atoms with van der Waals surface area (Å²) in [4.78, 5) is 8.36. The van der Waals surface area contributed by atoms with Crippen LogP contribution in [0.3, 0.4) is 0 Å². The van der Waals surface area contributed by atoms with Gasteiger partial charge in [0.2, 0.25) is 0 Å². The van der Waals surface area contributed by atoms with Crippen LogP contribution in [0, 0.1) is 5.92 Å². The van der Waals surface area contributed by atoms with Gasteiger partial charge in [-0.3, -0.25) is 0 Å². The second kappa shape index (κ2) is 5.34. The zero-order valence-electron chi connectivity index (χ0n) is 10.7. The highest BCUT2D eigenvalue weighted by Gasteiger charge is 2.19. The molecule has 0 saturated heterocycles. The summed E-state index contributed by atoms with van der Waals surface area (Å²) in [7, 11) is 0. The molecule has 4 nitrogen and oxygen atoms in total. The van der Waals surface area contributed by atoms with E-state index in [1.807, 2.05) is 0 Å². The van der Waals surface area contributed by atoms with Gasteiger partial charge >= 0.3 is 0 Å². The number of nitrogens with one attached hydrogen (secondary N) is 1. The number of nitrogen functional groups attached to an aromatic ring is 1. The summed E-state index contributed by atoms with van der Waals surface area (Å²) in [6, 6.07) is 0.547. The predicted molar refractivity (Wildman–Crippen MR) is 70.9 cm³/mol. The van der Waals surface area contributed by atoms with Gasteiger partial charge in [-0.05, 0) is 38.0 Å². The minimum Gasteiger partial charge on any atom is -0.383 e. The van der Waals surface area contributed by atoms with Crippen molar-refractivity contribution in [2.24, 2.45) is 5.92 Å². The smallest absolute Gasteiger partial charge is 0.134 e. The Morgan fingerprint density at radius 3 is 2.65 bits per heavy atom. The Kier molecular flexibility index (Phi) is 3.82. The van der Waals surface area contributed by atoms with Crippen molar-refractivity contribution < 1.29 is 0 Å². The molecule has 4 heteroatoms. The maximum absolute atomic E-state index is 5.87. The van der Waals surface area contributed by atoms with Crippen LogP contribution in [-0.2, 0) is 6.42 Å². The fraction of sp³-hybridized carbons (Fsp3) is 0.692. The van der Waals surface area contributed by atoms with Gasteiger partial charge < -0.3 is 11.1 Å². The molecular weight excluding hydrogens is 212 g/mol. The van der Waals surface area contributed by atoms with Crippen molar-refractivity contribution >= 4 is 11.6 Å². The fourth-order valence-electron chi connectivity index (χ4n) is 2.50. The molecule has 1 aromatic heterocycles. The summed E-state index contributed by atoms with van der Waals surface area (Å²) in [5.41, 5.74) is 6.92. The Morgan fingerprint density at radius 1 is 1.29 bits per heavy atom. The minimum atomic E-state index is 0.547. The second-order valence-electron chi connectivity index (χ2n) is 5.04. The average Bonchev–Trinajstić information content (AvgIpc) is 2.32. The molecular formula is C13H22N4. The summed E-state index contributed by atoms with van der Waals surface area (Å²) in [6.07, 6.45) is 7.49. The minimum absolute atomic E-state index is 0.547. The van der Waals surface area contributed by atoms with Crippen molar-refractivity contribution in [3.63, 3.8) is 0 Å². The maximum atomic E-state index is 5.87. The van der Waals surface area contributed by atoms with Crippen molar-refractivity contribution in [3.05, 3.63) is 11.9 Å². The van der Waals surface area contributed by atoms with Crippen LogP contribution < -0.4 is 11.1 Å². The van der Waals surface area contributed by atoms with E-state index in [1.54, 1.807) is 6.33 Å². The molecule has 0 amide bonds. The first kappa shape index (κ1) is 12.1. The van der Waals surface area contributed by atoms with Crippen molar-refractivity contribution in [2.45, 2.75) is 52.0 Å². The Labute approximate surface area is 103 Å². The third-order valence-corrected chi connectivity index (χ3v) is 3.69. The highest BCUT2D eigenvalue weighted by molar-refractivity contribution is 5.55. The van der Waals surface area contributed by atoms with Crippen LogP contribution in [0.2, 0.25) is 0 Å². The van der Waals surface area contributed by atoms with E-state index in [0.717, 1.165) is 23.7 Å². The number of aromatic nitrogens is 2. The van der Waals surface area contributed by atoms with Crippen LogP contribution >= 0.6 is 0 Å². The molecule has 0 radical (unpaired) electrons. The molecule has 2 rings (SSSR count). The van der Waals surface area contributed by atoms with Crippen molar-refractivity contribution in [3.8, 4) is 0 Å². The van der Waals surface area contributed by atoms with Crippen molar-refractivity contribution in [1.29, 1.82) is 0 Å². The van der Waals surface area contributed by atoms with E-state index in [0.29, 0.717) is 11.9 Å². The van der Waals surface area contributed by atoms with Crippen molar-refractivity contribution in [2.75, 3.05) is 11.1 Å². The largest absolute Gasteiger partial charge is 0.383 e. The molecule has 0 unspecified atom stereocenters. The van der Waals surface area contributed by atoms with Gasteiger partial charge in [0, 0.05) is 11.6 Å². The lowest BCUT2D eigenvalue weighted by Gasteiger charge is -2.28.